The van der Waals surface area contributed by atoms with E-state index in [4.69, 9.17) is 0 Å². The lowest BCUT2D eigenvalue weighted by Gasteiger charge is -2.18. The van der Waals surface area contributed by atoms with Crippen molar-refractivity contribution in [1.82, 2.24) is 0 Å². The van der Waals surface area contributed by atoms with E-state index < -0.39 is 0 Å². The molecule has 1 aliphatic rings. The molecule has 6 heteroatoms. The van der Waals surface area contributed by atoms with Crippen LogP contribution in [0.2, 0.25) is 0 Å². The Kier molecular flexibility index (Phi) is 4.46. The van der Waals surface area contributed by atoms with Crippen LogP contribution in [0, 0.1) is 5.82 Å². The molecule has 0 aromatic heterocycles. The van der Waals surface area contributed by atoms with Crippen molar-refractivity contribution < 1.29 is 18.7 Å². The first-order valence-corrected chi connectivity index (χ1v) is 7.57. The summed E-state index contributed by atoms with van der Waals surface area (Å²) in [7, 11) is 1.34. The minimum absolute atomic E-state index is 0.00899. The van der Waals surface area contributed by atoms with Crippen molar-refractivity contribution >= 4 is 23.3 Å². The molecule has 0 saturated carbocycles. The van der Waals surface area contributed by atoms with E-state index in [0.717, 1.165) is 5.69 Å². The number of carbonyl (C=O) groups excluding carboxylic acids is 2. The van der Waals surface area contributed by atoms with Gasteiger partial charge in [-0.25, -0.2) is 9.18 Å². The highest BCUT2D eigenvalue weighted by Crippen LogP contribution is 2.24. The Bertz CT molecular complexity index is 744. The molecule has 1 fully saturated rings. The van der Waals surface area contributed by atoms with Crippen LogP contribution < -0.4 is 10.2 Å². The molecule has 124 valence electrons. The van der Waals surface area contributed by atoms with Gasteiger partial charge in [-0.15, -0.1) is 0 Å². The summed E-state index contributed by atoms with van der Waals surface area (Å²) in [6.07, 6.45) is 0.357. The van der Waals surface area contributed by atoms with Crippen LogP contribution in [0.25, 0.3) is 0 Å². The van der Waals surface area contributed by atoms with Gasteiger partial charge in [0.2, 0.25) is 5.91 Å². The number of benzene rings is 2. The summed E-state index contributed by atoms with van der Waals surface area (Å²) in [5, 5.41) is 3.28. The largest absolute Gasteiger partial charge is 0.465 e. The highest BCUT2D eigenvalue weighted by Gasteiger charge is 2.30. The standard InChI is InChI=1S/C18H17FN2O3/c1-24-18(23)12-2-6-14(7-3-12)20-15-10-17(22)21(11-15)16-8-4-13(19)5-9-16/h2-9,15,20H,10-11H2,1H3. The van der Waals surface area contributed by atoms with Crippen LogP contribution in [0.3, 0.4) is 0 Å². The van der Waals surface area contributed by atoms with Crippen LogP contribution in [0.1, 0.15) is 16.8 Å². The molecule has 2 aromatic carbocycles. The number of nitrogens with zero attached hydrogens (tertiary/aromatic N) is 1. The smallest absolute Gasteiger partial charge is 0.337 e. The molecule has 2 aromatic rings. The van der Waals surface area contributed by atoms with E-state index in [1.54, 1.807) is 41.3 Å². The number of rotatable bonds is 4. The van der Waals surface area contributed by atoms with Gasteiger partial charge in [0.15, 0.2) is 0 Å². The fourth-order valence-electron chi connectivity index (χ4n) is 2.73. The van der Waals surface area contributed by atoms with E-state index in [-0.39, 0.29) is 23.7 Å². The van der Waals surface area contributed by atoms with Crippen LogP contribution in [0.15, 0.2) is 48.5 Å². The molecule has 24 heavy (non-hydrogen) atoms. The van der Waals surface area contributed by atoms with E-state index in [1.165, 1.54) is 19.2 Å². The molecule has 1 unspecified atom stereocenters. The van der Waals surface area contributed by atoms with Crippen LogP contribution in [0.4, 0.5) is 15.8 Å². The van der Waals surface area contributed by atoms with E-state index >= 15 is 0 Å². The summed E-state index contributed by atoms with van der Waals surface area (Å²) in [6.45, 7) is 0.503. The van der Waals surface area contributed by atoms with Crippen LogP contribution in [0.5, 0.6) is 0 Å². The first-order valence-electron chi connectivity index (χ1n) is 7.57. The Balaban J connectivity index is 1.66. The molecular formula is C18H17FN2O3. The minimum Gasteiger partial charge on any atom is -0.465 e. The summed E-state index contributed by atoms with van der Waals surface area (Å²) >= 11 is 0. The number of hydrogen-bond acceptors (Lipinski definition) is 4. The molecule has 1 saturated heterocycles. The van der Waals surface area contributed by atoms with Crippen molar-refractivity contribution in [3.8, 4) is 0 Å². The predicted octanol–water partition coefficient (Wildman–Crippen LogP) is 2.83. The van der Waals surface area contributed by atoms with E-state index in [2.05, 4.69) is 10.1 Å². The Morgan fingerprint density at radius 2 is 1.83 bits per heavy atom. The van der Waals surface area contributed by atoms with Gasteiger partial charge in [0.25, 0.3) is 0 Å². The van der Waals surface area contributed by atoms with Gasteiger partial charge in [-0.05, 0) is 48.5 Å². The molecule has 1 atom stereocenters. The Morgan fingerprint density at radius 3 is 2.46 bits per heavy atom. The third-order valence-electron chi connectivity index (χ3n) is 3.94. The Morgan fingerprint density at radius 1 is 1.17 bits per heavy atom. The maximum absolute atomic E-state index is 13.0. The molecule has 3 rings (SSSR count). The van der Waals surface area contributed by atoms with Crippen molar-refractivity contribution in [1.29, 1.82) is 0 Å². The van der Waals surface area contributed by atoms with Crippen molar-refractivity contribution in [2.75, 3.05) is 23.9 Å². The summed E-state index contributed by atoms with van der Waals surface area (Å²) in [4.78, 5) is 25.2. The van der Waals surface area contributed by atoms with Crippen molar-refractivity contribution in [2.24, 2.45) is 0 Å². The summed E-state index contributed by atoms with van der Waals surface area (Å²) in [5.41, 5.74) is 1.98. The van der Waals surface area contributed by atoms with Crippen molar-refractivity contribution in [2.45, 2.75) is 12.5 Å². The molecule has 1 amide bonds. The van der Waals surface area contributed by atoms with E-state index in [9.17, 15) is 14.0 Å². The quantitative estimate of drug-likeness (QED) is 0.877. The zero-order valence-corrected chi connectivity index (χ0v) is 13.2. The second-order valence-electron chi connectivity index (χ2n) is 5.60. The molecule has 1 heterocycles. The number of methoxy groups -OCH3 is 1. The summed E-state index contributed by atoms with van der Waals surface area (Å²) in [6, 6.07) is 12.7. The fourth-order valence-corrected chi connectivity index (χ4v) is 2.73. The van der Waals surface area contributed by atoms with Gasteiger partial charge < -0.3 is 15.0 Å². The van der Waals surface area contributed by atoms with Crippen LogP contribution >= 0.6 is 0 Å². The number of halogens is 1. The number of amides is 1. The highest BCUT2D eigenvalue weighted by molar-refractivity contribution is 5.96. The second-order valence-corrected chi connectivity index (χ2v) is 5.60. The lowest BCUT2D eigenvalue weighted by molar-refractivity contribution is -0.117. The second kappa shape index (κ2) is 6.70. The summed E-state index contributed by atoms with van der Waals surface area (Å²) in [5.74, 6) is -0.726. The number of anilines is 2. The van der Waals surface area contributed by atoms with Crippen molar-refractivity contribution in [3.63, 3.8) is 0 Å². The van der Waals surface area contributed by atoms with Gasteiger partial charge >= 0.3 is 5.97 Å². The SMILES string of the molecule is COC(=O)c1ccc(NC2CC(=O)N(c3ccc(F)cc3)C2)cc1. The average Bonchev–Trinajstić information content (AvgIpc) is 2.96. The number of nitrogens with one attached hydrogen (secondary N) is 1. The average molecular weight is 328 g/mol. The summed E-state index contributed by atoms with van der Waals surface area (Å²) < 4.78 is 17.7. The molecular weight excluding hydrogens is 311 g/mol. The van der Waals surface area contributed by atoms with Gasteiger partial charge in [0, 0.05) is 24.3 Å². The predicted molar refractivity (Wildman–Crippen MR) is 88.6 cm³/mol. The highest BCUT2D eigenvalue weighted by atomic mass is 19.1. The Hall–Kier alpha value is -2.89. The first kappa shape index (κ1) is 16.0. The number of carbonyl (C=O) groups is 2. The Labute approximate surface area is 139 Å². The molecule has 0 aliphatic carbocycles. The van der Waals surface area contributed by atoms with E-state index in [1.807, 2.05) is 0 Å². The maximum atomic E-state index is 13.0. The zero-order valence-electron chi connectivity index (χ0n) is 13.2. The van der Waals surface area contributed by atoms with Gasteiger partial charge in [-0.2, -0.15) is 0 Å². The molecule has 0 spiro atoms. The first-order chi connectivity index (χ1) is 11.6. The molecule has 0 bridgehead atoms. The fraction of sp³-hybridized carbons (Fsp3) is 0.222. The lowest BCUT2D eigenvalue weighted by Crippen LogP contribution is -2.27. The molecule has 1 aliphatic heterocycles. The topological polar surface area (TPSA) is 58.6 Å². The van der Waals surface area contributed by atoms with Gasteiger partial charge in [-0.1, -0.05) is 0 Å². The number of ether oxygens (including phenoxy) is 1. The third kappa shape index (κ3) is 3.37. The molecule has 5 nitrogen and oxygen atoms in total. The minimum atomic E-state index is -0.389. The zero-order chi connectivity index (χ0) is 17.1. The van der Waals surface area contributed by atoms with Crippen LogP contribution in [-0.4, -0.2) is 31.6 Å². The van der Waals surface area contributed by atoms with Gasteiger partial charge in [-0.3, -0.25) is 4.79 Å². The van der Waals surface area contributed by atoms with Crippen LogP contribution in [-0.2, 0) is 9.53 Å². The third-order valence-corrected chi connectivity index (χ3v) is 3.94. The molecule has 0 radical (unpaired) electrons. The normalized spacial score (nSPS) is 17.0. The van der Waals surface area contributed by atoms with Crippen molar-refractivity contribution in [3.05, 3.63) is 59.9 Å². The van der Waals surface area contributed by atoms with E-state index in [0.29, 0.717) is 24.2 Å². The monoisotopic (exact) mass is 328 g/mol. The number of hydrogen-bond donors (Lipinski definition) is 1. The number of esters is 1. The maximum Gasteiger partial charge on any atom is 0.337 e. The molecule has 1 N–H and O–H groups in total. The lowest BCUT2D eigenvalue weighted by atomic mass is 10.2. The van der Waals surface area contributed by atoms with Gasteiger partial charge in [0.1, 0.15) is 5.82 Å². The van der Waals surface area contributed by atoms with Gasteiger partial charge in [0.05, 0.1) is 18.7 Å².